The molecule has 0 saturated carbocycles. The quantitative estimate of drug-likeness (QED) is 0.593. The van der Waals surface area contributed by atoms with Gasteiger partial charge in [-0.25, -0.2) is 8.42 Å². The van der Waals surface area contributed by atoms with E-state index >= 15 is 0 Å². The van der Waals surface area contributed by atoms with Crippen LogP contribution in [0, 0.1) is 0 Å². The molecule has 1 aliphatic rings. The van der Waals surface area contributed by atoms with Crippen molar-refractivity contribution in [1.29, 1.82) is 0 Å². The standard InChI is InChI=1S/C21H24N4O3S/c26-29(27,17-19-9-5-2-6-10-19)25-13-11-24(12-14-25)16-21-23-22-20(28-21)15-18-7-3-1-4-8-18/h1-10H,11-17H2. The molecule has 29 heavy (non-hydrogen) atoms. The Kier molecular flexibility index (Phi) is 6.03. The van der Waals surface area contributed by atoms with Gasteiger partial charge < -0.3 is 4.42 Å². The second-order valence-electron chi connectivity index (χ2n) is 7.17. The summed E-state index contributed by atoms with van der Waals surface area (Å²) in [4.78, 5) is 2.15. The maximum atomic E-state index is 12.7. The number of benzene rings is 2. The molecule has 8 heteroatoms. The average Bonchev–Trinajstić information content (AvgIpc) is 3.16. The number of aromatic nitrogens is 2. The summed E-state index contributed by atoms with van der Waals surface area (Å²) in [7, 11) is -3.31. The zero-order chi connectivity index (χ0) is 20.1. The lowest BCUT2D eigenvalue weighted by Crippen LogP contribution is -2.48. The molecule has 0 amide bonds. The highest BCUT2D eigenvalue weighted by Gasteiger charge is 2.27. The first-order valence-corrected chi connectivity index (χ1v) is 11.3. The van der Waals surface area contributed by atoms with E-state index in [-0.39, 0.29) is 5.75 Å². The Hall–Kier alpha value is -2.55. The van der Waals surface area contributed by atoms with Gasteiger partial charge in [0, 0.05) is 26.2 Å². The number of piperazine rings is 1. The molecule has 0 spiro atoms. The second kappa shape index (κ2) is 8.86. The van der Waals surface area contributed by atoms with Gasteiger partial charge in [0.25, 0.3) is 0 Å². The number of nitrogens with zero attached hydrogens (tertiary/aromatic N) is 4. The molecular weight excluding hydrogens is 388 g/mol. The Labute approximate surface area is 171 Å². The van der Waals surface area contributed by atoms with Gasteiger partial charge >= 0.3 is 0 Å². The zero-order valence-corrected chi connectivity index (χ0v) is 17.0. The molecule has 7 nitrogen and oxygen atoms in total. The predicted molar refractivity (Wildman–Crippen MR) is 109 cm³/mol. The van der Waals surface area contributed by atoms with Gasteiger partial charge in [0.2, 0.25) is 21.8 Å². The second-order valence-corrected chi connectivity index (χ2v) is 9.14. The fourth-order valence-corrected chi connectivity index (χ4v) is 4.94. The highest BCUT2D eigenvalue weighted by Crippen LogP contribution is 2.15. The van der Waals surface area contributed by atoms with E-state index in [1.807, 2.05) is 60.7 Å². The molecule has 0 bridgehead atoms. The smallest absolute Gasteiger partial charge is 0.230 e. The van der Waals surface area contributed by atoms with Gasteiger partial charge in [0.05, 0.1) is 18.7 Å². The fourth-order valence-electron chi connectivity index (χ4n) is 3.43. The molecule has 0 N–H and O–H groups in total. The monoisotopic (exact) mass is 412 g/mol. The van der Waals surface area contributed by atoms with E-state index in [0.717, 1.165) is 11.1 Å². The molecule has 1 saturated heterocycles. The minimum Gasteiger partial charge on any atom is -0.424 e. The lowest BCUT2D eigenvalue weighted by atomic mass is 10.2. The summed E-state index contributed by atoms with van der Waals surface area (Å²) in [5.41, 5.74) is 1.94. The molecule has 1 aliphatic heterocycles. The Bertz CT molecular complexity index is 1010. The maximum Gasteiger partial charge on any atom is 0.230 e. The molecule has 152 valence electrons. The first kappa shape index (κ1) is 19.8. The van der Waals surface area contributed by atoms with Crippen LogP contribution >= 0.6 is 0 Å². The summed E-state index contributed by atoms with van der Waals surface area (Å²) in [6.45, 7) is 2.77. The van der Waals surface area contributed by atoms with E-state index in [4.69, 9.17) is 4.42 Å². The Balaban J connectivity index is 1.29. The van der Waals surface area contributed by atoms with Crippen LogP contribution in [0.4, 0.5) is 0 Å². The van der Waals surface area contributed by atoms with Crippen LogP contribution in [-0.4, -0.2) is 54.0 Å². The van der Waals surface area contributed by atoms with E-state index in [1.165, 1.54) is 0 Å². The van der Waals surface area contributed by atoms with Gasteiger partial charge in [-0.1, -0.05) is 60.7 Å². The topological polar surface area (TPSA) is 79.5 Å². The molecule has 3 aromatic rings. The summed E-state index contributed by atoms with van der Waals surface area (Å²) in [6.07, 6.45) is 0.610. The Morgan fingerprint density at radius 2 is 1.38 bits per heavy atom. The molecule has 2 aromatic carbocycles. The third-order valence-corrected chi connectivity index (χ3v) is 6.83. The summed E-state index contributed by atoms with van der Waals surface area (Å²) in [5, 5.41) is 8.27. The molecule has 1 fully saturated rings. The van der Waals surface area contributed by atoms with Crippen molar-refractivity contribution in [2.45, 2.75) is 18.7 Å². The minimum atomic E-state index is -3.31. The van der Waals surface area contributed by atoms with Gasteiger partial charge in [0.15, 0.2) is 0 Å². The van der Waals surface area contributed by atoms with Gasteiger partial charge in [-0.2, -0.15) is 4.31 Å². The Morgan fingerprint density at radius 3 is 2.03 bits per heavy atom. The van der Waals surface area contributed by atoms with E-state index < -0.39 is 10.0 Å². The van der Waals surface area contributed by atoms with Crippen LogP contribution in [-0.2, 0) is 28.7 Å². The van der Waals surface area contributed by atoms with E-state index in [2.05, 4.69) is 15.1 Å². The van der Waals surface area contributed by atoms with Crippen molar-refractivity contribution in [2.75, 3.05) is 26.2 Å². The third kappa shape index (κ3) is 5.29. The summed E-state index contributed by atoms with van der Waals surface area (Å²) < 4.78 is 32.7. The van der Waals surface area contributed by atoms with Gasteiger partial charge in [-0.3, -0.25) is 4.90 Å². The van der Waals surface area contributed by atoms with Crippen molar-refractivity contribution in [3.05, 3.63) is 83.6 Å². The number of hydrogen-bond donors (Lipinski definition) is 0. The third-order valence-electron chi connectivity index (χ3n) is 4.98. The van der Waals surface area contributed by atoms with E-state index in [0.29, 0.717) is 50.9 Å². The highest BCUT2D eigenvalue weighted by atomic mass is 32.2. The molecular formula is C21H24N4O3S. The number of sulfonamides is 1. The average molecular weight is 413 g/mol. The van der Waals surface area contributed by atoms with Crippen LogP contribution in [0.25, 0.3) is 0 Å². The van der Waals surface area contributed by atoms with Crippen LogP contribution in [0.5, 0.6) is 0 Å². The summed E-state index contributed by atoms with van der Waals surface area (Å²) in [6, 6.07) is 19.3. The zero-order valence-electron chi connectivity index (χ0n) is 16.1. The Morgan fingerprint density at radius 1 is 0.793 bits per heavy atom. The number of rotatable bonds is 7. The van der Waals surface area contributed by atoms with Crippen LogP contribution in [0.1, 0.15) is 22.9 Å². The first-order valence-electron chi connectivity index (χ1n) is 9.68. The molecule has 1 aromatic heterocycles. The van der Waals surface area contributed by atoms with Crippen molar-refractivity contribution in [3.8, 4) is 0 Å². The molecule has 0 atom stereocenters. The summed E-state index contributed by atoms with van der Waals surface area (Å²) >= 11 is 0. The molecule has 4 rings (SSSR count). The lowest BCUT2D eigenvalue weighted by Gasteiger charge is -2.33. The maximum absolute atomic E-state index is 12.7. The van der Waals surface area contributed by atoms with Crippen LogP contribution in [0.2, 0.25) is 0 Å². The largest absolute Gasteiger partial charge is 0.424 e. The predicted octanol–water partition coefficient (Wildman–Crippen LogP) is 2.31. The fraction of sp³-hybridized carbons (Fsp3) is 0.333. The molecule has 2 heterocycles. The van der Waals surface area contributed by atoms with Crippen molar-refractivity contribution < 1.29 is 12.8 Å². The van der Waals surface area contributed by atoms with Crippen molar-refractivity contribution in [1.82, 2.24) is 19.4 Å². The van der Waals surface area contributed by atoms with Crippen LogP contribution in [0.15, 0.2) is 65.1 Å². The van der Waals surface area contributed by atoms with Crippen molar-refractivity contribution >= 4 is 10.0 Å². The molecule has 0 aliphatic carbocycles. The van der Waals surface area contributed by atoms with Gasteiger partial charge in [-0.15, -0.1) is 10.2 Å². The van der Waals surface area contributed by atoms with Gasteiger partial charge in [-0.05, 0) is 11.1 Å². The van der Waals surface area contributed by atoms with Gasteiger partial charge in [0.1, 0.15) is 0 Å². The normalized spacial score (nSPS) is 16.1. The summed E-state index contributed by atoms with van der Waals surface area (Å²) in [5.74, 6) is 1.20. The van der Waals surface area contributed by atoms with Crippen LogP contribution in [0.3, 0.4) is 0 Å². The van der Waals surface area contributed by atoms with E-state index in [9.17, 15) is 8.42 Å². The molecule has 0 unspecified atom stereocenters. The highest BCUT2D eigenvalue weighted by molar-refractivity contribution is 7.88. The minimum absolute atomic E-state index is 0.0420. The van der Waals surface area contributed by atoms with Crippen molar-refractivity contribution in [3.63, 3.8) is 0 Å². The van der Waals surface area contributed by atoms with E-state index in [1.54, 1.807) is 4.31 Å². The first-order chi connectivity index (χ1) is 14.1. The van der Waals surface area contributed by atoms with Crippen molar-refractivity contribution in [2.24, 2.45) is 0 Å². The number of hydrogen-bond acceptors (Lipinski definition) is 6. The molecule has 0 radical (unpaired) electrons. The lowest BCUT2D eigenvalue weighted by molar-refractivity contribution is 0.167. The van der Waals surface area contributed by atoms with Crippen LogP contribution < -0.4 is 0 Å². The SMILES string of the molecule is O=S(=O)(Cc1ccccc1)N1CCN(Cc2nnc(Cc3ccccc3)o2)CC1.